The number of halogens is 2. The maximum absolute atomic E-state index is 12.8. The third-order valence-corrected chi connectivity index (χ3v) is 2.82. The van der Waals surface area contributed by atoms with E-state index in [0.29, 0.717) is 12.2 Å². The molecule has 1 N–H and O–H groups in total. The average Bonchev–Trinajstić information content (AvgIpc) is 2.12. The average molecular weight is 235 g/mol. The Hall–Kier alpha value is -0.250. The van der Waals surface area contributed by atoms with E-state index in [9.17, 15) is 9.50 Å². The summed E-state index contributed by atoms with van der Waals surface area (Å²) in [4.78, 5) is 0. The first-order chi connectivity index (χ1) is 6.63. The van der Waals surface area contributed by atoms with Crippen LogP contribution in [-0.4, -0.2) is 23.2 Å². The number of aliphatic hydroxyl groups excluding tert-OH is 1. The molecular weight excluding hydrogens is 223 g/mol. The second-order valence-corrected chi connectivity index (χ2v) is 4.38. The van der Waals surface area contributed by atoms with Gasteiger partial charge in [0.05, 0.1) is 11.1 Å². The summed E-state index contributed by atoms with van der Waals surface area (Å²) < 4.78 is 12.8. The van der Waals surface area contributed by atoms with E-state index in [1.807, 2.05) is 6.26 Å². The fraction of sp³-hybridized carbons (Fsp3) is 0.400. The van der Waals surface area contributed by atoms with Gasteiger partial charge < -0.3 is 5.11 Å². The summed E-state index contributed by atoms with van der Waals surface area (Å²) in [6.07, 6.45) is 2.05. The van der Waals surface area contributed by atoms with E-state index in [4.69, 9.17) is 11.6 Å². The summed E-state index contributed by atoms with van der Waals surface area (Å²) in [6.45, 7) is 0. The Labute approximate surface area is 92.3 Å². The minimum absolute atomic E-state index is 0.110. The first-order valence-electron chi connectivity index (χ1n) is 4.24. The quantitative estimate of drug-likeness (QED) is 0.865. The van der Waals surface area contributed by atoms with Crippen LogP contribution >= 0.6 is 23.4 Å². The number of hydrogen-bond donors (Lipinski definition) is 1. The summed E-state index contributed by atoms with van der Waals surface area (Å²) in [6, 6.07) is 4.52. The van der Waals surface area contributed by atoms with E-state index >= 15 is 0 Å². The Morgan fingerprint density at radius 2 is 2.29 bits per heavy atom. The normalized spacial score (nSPS) is 12.9. The third-order valence-electron chi connectivity index (χ3n) is 1.81. The van der Waals surface area contributed by atoms with Crippen molar-refractivity contribution in [2.24, 2.45) is 0 Å². The second kappa shape index (κ2) is 5.59. The van der Waals surface area contributed by atoms with Gasteiger partial charge in [-0.05, 0) is 30.4 Å². The zero-order chi connectivity index (χ0) is 10.6. The second-order valence-electron chi connectivity index (χ2n) is 3.06. The lowest BCUT2D eigenvalue weighted by Gasteiger charge is -2.08. The summed E-state index contributed by atoms with van der Waals surface area (Å²) in [5, 5.41) is 9.62. The Balaban J connectivity index is 2.63. The fourth-order valence-electron chi connectivity index (χ4n) is 1.19. The zero-order valence-corrected chi connectivity index (χ0v) is 9.41. The van der Waals surface area contributed by atoms with Gasteiger partial charge in [0.25, 0.3) is 0 Å². The van der Waals surface area contributed by atoms with E-state index in [1.165, 1.54) is 6.07 Å². The van der Waals surface area contributed by atoms with E-state index in [0.717, 1.165) is 5.56 Å². The van der Waals surface area contributed by atoms with Crippen molar-refractivity contribution in [3.8, 4) is 0 Å². The predicted octanol–water partition coefficient (Wildman–Crippen LogP) is 2.75. The van der Waals surface area contributed by atoms with Crippen molar-refractivity contribution in [2.45, 2.75) is 12.5 Å². The minimum atomic E-state index is -0.422. The molecule has 0 radical (unpaired) electrons. The molecule has 78 valence electrons. The van der Waals surface area contributed by atoms with Gasteiger partial charge in [-0.3, -0.25) is 0 Å². The van der Waals surface area contributed by atoms with Crippen LogP contribution in [0.4, 0.5) is 4.39 Å². The van der Waals surface area contributed by atoms with Crippen LogP contribution in [0.3, 0.4) is 0 Å². The van der Waals surface area contributed by atoms with Crippen molar-refractivity contribution >= 4 is 23.4 Å². The maximum Gasteiger partial charge on any atom is 0.141 e. The van der Waals surface area contributed by atoms with Gasteiger partial charge in [0.1, 0.15) is 5.82 Å². The Kier molecular flexibility index (Phi) is 4.72. The molecule has 0 aliphatic carbocycles. The van der Waals surface area contributed by atoms with Crippen LogP contribution < -0.4 is 0 Å². The summed E-state index contributed by atoms with van der Waals surface area (Å²) >= 11 is 7.19. The van der Waals surface area contributed by atoms with E-state index in [1.54, 1.807) is 23.9 Å². The first kappa shape index (κ1) is 11.8. The number of rotatable bonds is 4. The smallest absolute Gasteiger partial charge is 0.141 e. The van der Waals surface area contributed by atoms with Crippen LogP contribution in [0.2, 0.25) is 5.02 Å². The van der Waals surface area contributed by atoms with Gasteiger partial charge in [0.15, 0.2) is 0 Å². The predicted molar refractivity (Wildman–Crippen MR) is 59.5 cm³/mol. The van der Waals surface area contributed by atoms with Gasteiger partial charge >= 0.3 is 0 Å². The van der Waals surface area contributed by atoms with Gasteiger partial charge in [-0.15, -0.1) is 0 Å². The van der Waals surface area contributed by atoms with Crippen molar-refractivity contribution < 1.29 is 9.50 Å². The van der Waals surface area contributed by atoms with Crippen molar-refractivity contribution in [3.63, 3.8) is 0 Å². The minimum Gasteiger partial charge on any atom is -0.392 e. The van der Waals surface area contributed by atoms with Gasteiger partial charge in [0.2, 0.25) is 0 Å². The van der Waals surface area contributed by atoms with Crippen LogP contribution in [0.5, 0.6) is 0 Å². The molecule has 0 fully saturated rings. The molecule has 0 saturated heterocycles. The highest BCUT2D eigenvalue weighted by Gasteiger charge is 2.06. The highest BCUT2D eigenvalue weighted by Crippen LogP contribution is 2.17. The SMILES string of the molecule is CSCC(O)Cc1ccc(F)c(Cl)c1. The van der Waals surface area contributed by atoms with Crippen LogP contribution in [-0.2, 0) is 6.42 Å². The molecule has 4 heteroatoms. The lowest BCUT2D eigenvalue weighted by molar-refractivity contribution is 0.200. The summed E-state index contributed by atoms with van der Waals surface area (Å²) in [5.74, 6) is 0.254. The van der Waals surface area contributed by atoms with Crippen molar-refractivity contribution in [2.75, 3.05) is 12.0 Å². The number of benzene rings is 1. The molecule has 0 spiro atoms. The van der Waals surface area contributed by atoms with Gasteiger partial charge in [-0.1, -0.05) is 17.7 Å². The van der Waals surface area contributed by atoms with Crippen LogP contribution in [0.25, 0.3) is 0 Å². The molecule has 0 bridgehead atoms. The molecule has 1 rings (SSSR count). The molecule has 1 unspecified atom stereocenters. The Morgan fingerprint density at radius 1 is 1.57 bits per heavy atom. The molecule has 0 aliphatic heterocycles. The Bertz CT molecular complexity index is 306. The molecule has 1 atom stereocenters. The highest BCUT2D eigenvalue weighted by molar-refractivity contribution is 7.98. The van der Waals surface area contributed by atoms with Crippen molar-refractivity contribution in [1.29, 1.82) is 0 Å². The number of hydrogen-bond acceptors (Lipinski definition) is 2. The topological polar surface area (TPSA) is 20.2 Å². The molecule has 1 aromatic rings. The molecule has 0 saturated carbocycles. The Morgan fingerprint density at radius 3 is 2.86 bits per heavy atom. The third kappa shape index (κ3) is 3.48. The summed E-state index contributed by atoms with van der Waals surface area (Å²) in [7, 11) is 0. The molecule has 0 heterocycles. The van der Waals surface area contributed by atoms with Gasteiger partial charge in [0, 0.05) is 5.75 Å². The van der Waals surface area contributed by atoms with Gasteiger partial charge in [-0.25, -0.2) is 4.39 Å². The first-order valence-corrected chi connectivity index (χ1v) is 6.01. The largest absolute Gasteiger partial charge is 0.392 e. The molecule has 1 aromatic carbocycles. The van der Waals surface area contributed by atoms with Crippen LogP contribution in [0, 0.1) is 5.82 Å². The lowest BCUT2D eigenvalue weighted by Crippen LogP contribution is -2.13. The molecular formula is C10H12ClFOS. The fourth-order valence-corrected chi connectivity index (χ4v) is 1.90. The van der Waals surface area contributed by atoms with Crippen LogP contribution in [0.15, 0.2) is 18.2 Å². The standard InChI is InChI=1S/C10H12ClFOS/c1-14-6-8(13)4-7-2-3-10(12)9(11)5-7/h2-3,5,8,13H,4,6H2,1H3. The van der Waals surface area contributed by atoms with Crippen LogP contribution in [0.1, 0.15) is 5.56 Å². The van der Waals surface area contributed by atoms with Gasteiger partial charge in [-0.2, -0.15) is 11.8 Å². The monoisotopic (exact) mass is 234 g/mol. The van der Waals surface area contributed by atoms with E-state index in [2.05, 4.69) is 0 Å². The maximum atomic E-state index is 12.8. The van der Waals surface area contributed by atoms with E-state index in [-0.39, 0.29) is 5.02 Å². The van der Waals surface area contributed by atoms with Crippen molar-refractivity contribution in [3.05, 3.63) is 34.6 Å². The molecule has 0 aliphatic rings. The zero-order valence-electron chi connectivity index (χ0n) is 7.84. The number of aliphatic hydroxyl groups is 1. The van der Waals surface area contributed by atoms with Crippen molar-refractivity contribution in [1.82, 2.24) is 0 Å². The number of thioether (sulfide) groups is 1. The summed E-state index contributed by atoms with van der Waals surface area (Å²) in [5.41, 5.74) is 0.859. The molecule has 14 heavy (non-hydrogen) atoms. The van der Waals surface area contributed by atoms with E-state index < -0.39 is 11.9 Å². The molecule has 0 aromatic heterocycles. The lowest BCUT2D eigenvalue weighted by atomic mass is 10.1. The highest BCUT2D eigenvalue weighted by atomic mass is 35.5. The molecule has 0 amide bonds. The molecule has 1 nitrogen and oxygen atoms in total.